The van der Waals surface area contributed by atoms with Gasteiger partial charge in [-0.1, -0.05) is 0 Å². The molecule has 0 aliphatic rings. The molecule has 0 fully saturated rings. The zero-order valence-corrected chi connectivity index (χ0v) is 6.56. The maximum absolute atomic E-state index is 11.6. The van der Waals surface area contributed by atoms with Crippen molar-refractivity contribution < 1.29 is 30.9 Å². The van der Waals surface area contributed by atoms with Crippen molar-refractivity contribution in [2.45, 2.75) is 10.9 Å². The van der Waals surface area contributed by atoms with Crippen LogP contribution in [0.5, 0.6) is 0 Å². The highest BCUT2D eigenvalue weighted by atomic mass is 35.5. The smallest absolute Gasteiger partial charge is 0.377 e. The largest absolute Gasteiger partial charge is 0.492 e. The predicted octanol–water partition coefficient (Wildman–Crippen LogP) is 2.53. The van der Waals surface area contributed by atoms with Gasteiger partial charge < -0.3 is 4.18 Å². The van der Waals surface area contributed by atoms with Gasteiger partial charge in [0.1, 0.15) is 0 Å². The fourth-order valence-electron chi connectivity index (χ4n) is 0.132. The molecule has 12 heavy (non-hydrogen) atoms. The molecule has 2 nitrogen and oxygen atoms in total. The number of carbonyl (C=O) groups is 1. The lowest BCUT2D eigenvalue weighted by atomic mass is 10.7. The van der Waals surface area contributed by atoms with Gasteiger partial charge in [0.2, 0.25) is 0 Å². The summed E-state index contributed by atoms with van der Waals surface area (Å²) in [5.41, 5.74) is 0. The molecule has 0 aromatic carbocycles. The Labute approximate surface area is 72.2 Å². The molecule has 0 saturated heterocycles. The van der Waals surface area contributed by atoms with Crippen LogP contribution in [0.3, 0.4) is 0 Å². The number of rotatable bonds is 2. The summed E-state index contributed by atoms with van der Waals surface area (Å²) < 4.78 is 55.8. The van der Waals surface area contributed by atoms with E-state index in [1.54, 1.807) is 0 Å². The lowest BCUT2D eigenvalue weighted by molar-refractivity contribution is -0.188. The monoisotopic (exact) mass is 230 g/mol. The van der Waals surface area contributed by atoms with Crippen LogP contribution in [-0.4, -0.2) is 16.9 Å². The minimum atomic E-state index is -5.30. The maximum Gasteiger partial charge on any atom is 0.492 e. The van der Waals surface area contributed by atoms with Crippen LogP contribution in [0.15, 0.2) is 0 Å². The average molecular weight is 231 g/mol. The molecule has 0 heterocycles. The highest BCUT2D eigenvalue weighted by Gasteiger charge is 2.43. The van der Waals surface area contributed by atoms with E-state index < -0.39 is 28.9 Å². The molecule has 0 aromatic rings. The molecule has 0 saturated carbocycles. The third-order valence-electron chi connectivity index (χ3n) is 0.443. The van der Waals surface area contributed by atoms with E-state index in [0.29, 0.717) is 0 Å². The van der Waals surface area contributed by atoms with Crippen molar-refractivity contribution in [3.63, 3.8) is 0 Å². The lowest BCUT2D eigenvalue weighted by Gasteiger charge is -2.07. The highest BCUT2D eigenvalue weighted by molar-refractivity contribution is 7.97. The second-order valence-corrected chi connectivity index (χ2v) is 2.94. The summed E-state index contributed by atoms with van der Waals surface area (Å²) in [4.78, 5) is 9.75. The maximum atomic E-state index is 11.6. The second kappa shape index (κ2) is 3.65. The molecule has 0 aromatic heterocycles. The molecule has 0 unspecified atom stereocenters. The Morgan fingerprint density at radius 2 is 1.67 bits per heavy atom. The first-order valence-electron chi connectivity index (χ1n) is 2.16. The topological polar surface area (TPSA) is 26.3 Å². The quantitative estimate of drug-likeness (QED) is 0.414. The molecule has 0 amide bonds. The fraction of sp³-hybridized carbons (Fsp3) is 0.667. The fourth-order valence-corrected chi connectivity index (χ4v) is 0.491. The third kappa shape index (κ3) is 5.42. The first-order valence-corrected chi connectivity index (χ1v) is 3.28. The minimum absolute atomic E-state index is 1.07. The Morgan fingerprint density at radius 1 is 1.25 bits per heavy atom. The van der Waals surface area contributed by atoms with Gasteiger partial charge in [-0.15, -0.1) is 0 Å². The Bertz CT molecular complexity index is 175. The van der Waals surface area contributed by atoms with Crippen LogP contribution in [0.1, 0.15) is 0 Å². The van der Waals surface area contributed by atoms with E-state index >= 15 is 0 Å². The summed E-state index contributed by atoms with van der Waals surface area (Å²) in [6.07, 6.45) is -5.30. The van der Waals surface area contributed by atoms with Gasteiger partial charge in [0.15, 0.2) is 12.0 Å². The van der Waals surface area contributed by atoms with Crippen LogP contribution in [0.25, 0.3) is 0 Å². The van der Waals surface area contributed by atoms with Crippen molar-refractivity contribution >= 4 is 29.6 Å². The number of carbonyl (C=O) groups excluding carboxylic acids is 1. The van der Waals surface area contributed by atoms with E-state index in [0.717, 1.165) is 0 Å². The van der Waals surface area contributed by atoms with E-state index in [9.17, 15) is 26.7 Å². The molecule has 0 bridgehead atoms. The Hall–Kier alpha value is -0.240. The Kier molecular flexibility index (Phi) is 3.58. The molecule has 0 aliphatic heterocycles. The second-order valence-electron chi connectivity index (χ2n) is 1.40. The first-order chi connectivity index (χ1) is 5.13. The van der Waals surface area contributed by atoms with Gasteiger partial charge in [0.25, 0.3) is 0 Å². The normalized spacial score (nSPS) is 12.8. The van der Waals surface area contributed by atoms with Gasteiger partial charge >= 0.3 is 16.9 Å². The van der Waals surface area contributed by atoms with E-state index in [1.165, 1.54) is 0 Å². The van der Waals surface area contributed by atoms with Crippen molar-refractivity contribution in [2.24, 2.45) is 0 Å². The molecule has 9 heteroatoms. The van der Waals surface area contributed by atoms with Gasteiger partial charge in [-0.05, 0) is 11.6 Å². The Balaban J connectivity index is 3.90. The summed E-state index contributed by atoms with van der Waals surface area (Å²) in [6, 6.07) is 0. The van der Waals surface area contributed by atoms with E-state index in [1.807, 2.05) is 0 Å². The molecule has 72 valence electrons. The lowest BCUT2D eigenvalue weighted by Crippen LogP contribution is -2.24. The van der Waals surface area contributed by atoms with Crippen molar-refractivity contribution in [2.75, 3.05) is 0 Å². The van der Waals surface area contributed by atoms with Crippen LogP contribution < -0.4 is 0 Å². The van der Waals surface area contributed by atoms with Crippen LogP contribution in [-0.2, 0) is 8.98 Å². The molecule has 0 aliphatic carbocycles. The Morgan fingerprint density at radius 3 is 1.92 bits per heavy atom. The highest BCUT2D eigenvalue weighted by Crippen LogP contribution is 2.35. The number of hydrogen-bond acceptors (Lipinski definition) is 3. The predicted molar refractivity (Wildman–Crippen MR) is 30.5 cm³/mol. The minimum Gasteiger partial charge on any atom is -0.377 e. The molecule has 0 spiro atoms. The van der Waals surface area contributed by atoms with Crippen molar-refractivity contribution in [1.29, 1.82) is 0 Å². The first kappa shape index (κ1) is 11.8. The van der Waals surface area contributed by atoms with Gasteiger partial charge in [-0.3, -0.25) is 0 Å². The molecule has 0 radical (unpaired) electrons. The molecule has 0 rings (SSSR count). The summed E-state index contributed by atoms with van der Waals surface area (Å²) in [5.74, 6) is -2.73. The zero-order chi connectivity index (χ0) is 9.99. The average Bonchev–Trinajstić information content (AvgIpc) is 1.78. The van der Waals surface area contributed by atoms with Gasteiger partial charge in [0, 0.05) is 0 Å². The summed E-state index contributed by atoms with van der Waals surface area (Å²) in [5, 5.41) is 0. The third-order valence-corrected chi connectivity index (χ3v) is 1.06. The summed E-state index contributed by atoms with van der Waals surface area (Å²) in [7, 11) is 0. The SMILES string of the molecule is O=C(OSC(F)(F)Cl)C(F)(F)F. The number of alkyl halides is 6. The van der Waals surface area contributed by atoms with Crippen LogP contribution in [0.2, 0.25) is 0 Å². The van der Waals surface area contributed by atoms with Crippen molar-refractivity contribution in [1.82, 2.24) is 0 Å². The van der Waals surface area contributed by atoms with E-state index in [4.69, 9.17) is 0 Å². The van der Waals surface area contributed by atoms with Crippen LogP contribution in [0.4, 0.5) is 22.0 Å². The molecule has 0 atom stereocenters. The summed E-state index contributed by atoms with van der Waals surface area (Å²) >= 11 is 3.04. The van der Waals surface area contributed by atoms with E-state index in [-0.39, 0.29) is 0 Å². The molecular weight excluding hydrogens is 231 g/mol. The van der Waals surface area contributed by atoms with Crippen molar-refractivity contribution in [3.05, 3.63) is 0 Å². The summed E-state index contributed by atoms with van der Waals surface area (Å²) in [6.45, 7) is 0. The van der Waals surface area contributed by atoms with Gasteiger partial charge in [-0.25, -0.2) is 4.79 Å². The zero-order valence-electron chi connectivity index (χ0n) is 4.99. The number of halogens is 6. The standard InChI is InChI=1S/C3ClF5O2S/c4-3(8,9)12-11-1(10)2(5,6)7. The van der Waals surface area contributed by atoms with Gasteiger partial charge in [-0.2, -0.15) is 22.0 Å². The van der Waals surface area contributed by atoms with Gasteiger partial charge in [0.05, 0.1) is 0 Å². The number of hydrogen-bond donors (Lipinski definition) is 0. The van der Waals surface area contributed by atoms with Crippen LogP contribution >= 0.6 is 23.6 Å². The molecular formula is C3ClF5O2S. The van der Waals surface area contributed by atoms with E-state index in [2.05, 4.69) is 15.8 Å². The molecule has 0 N–H and O–H groups in total. The van der Waals surface area contributed by atoms with Crippen molar-refractivity contribution in [3.8, 4) is 0 Å². The van der Waals surface area contributed by atoms with Crippen LogP contribution in [0, 0.1) is 0 Å².